The molecule has 1 aromatic rings. The number of nitrogens with two attached hydrogens (primary N) is 1. The van der Waals surface area contributed by atoms with Crippen molar-refractivity contribution in [3.05, 3.63) is 18.0 Å². The zero-order valence-electron chi connectivity index (χ0n) is 8.20. The lowest BCUT2D eigenvalue weighted by Gasteiger charge is -2.15. The van der Waals surface area contributed by atoms with Gasteiger partial charge in [-0.25, -0.2) is 9.97 Å². The molecule has 1 rings (SSSR count). The van der Waals surface area contributed by atoms with Gasteiger partial charge in [0.2, 0.25) is 5.95 Å². The van der Waals surface area contributed by atoms with Crippen LogP contribution in [0, 0.1) is 6.92 Å². The van der Waals surface area contributed by atoms with Gasteiger partial charge in [0.1, 0.15) is 0 Å². The van der Waals surface area contributed by atoms with Crippen LogP contribution in [-0.4, -0.2) is 30.1 Å². The summed E-state index contributed by atoms with van der Waals surface area (Å²) in [6.07, 6.45) is 4.61. The normalized spacial score (nSPS) is 10.1. The van der Waals surface area contributed by atoms with Gasteiger partial charge in [-0.15, -0.1) is 0 Å². The highest BCUT2D eigenvalue weighted by Crippen LogP contribution is 2.03. The molecule has 0 bridgehead atoms. The van der Waals surface area contributed by atoms with Gasteiger partial charge in [-0.3, -0.25) is 0 Å². The van der Waals surface area contributed by atoms with Crippen molar-refractivity contribution in [1.29, 1.82) is 0 Å². The van der Waals surface area contributed by atoms with Gasteiger partial charge in [-0.1, -0.05) is 0 Å². The number of rotatable bonds is 4. The second-order valence-electron chi connectivity index (χ2n) is 3.12. The van der Waals surface area contributed by atoms with Crippen LogP contribution in [0.4, 0.5) is 5.95 Å². The van der Waals surface area contributed by atoms with Gasteiger partial charge in [0.15, 0.2) is 0 Å². The topological polar surface area (TPSA) is 55.0 Å². The van der Waals surface area contributed by atoms with Gasteiger partial charge in [-0.05, 0) is 25.5 Å². The minimum Gasteiger partial charge on any atom is -0.344 e. The number of aryl methyl sites for hydroxylation is 1. The van der Waals surface area contributed by atoms with Gasteiger partial charge >= 0.3 is 0 Å². The molecule has 1 aromatic heterocycles. The Morgan fingerprint density at radius 3 is 2.54 bits per heavy atom. The molecule has 4 nitrogen and oxygen atoms in total. The Bertz CT molecular complexity index is 244. The lowest BCUT2D eigenvalue weighted by Crippen LogP contribution is -2.22. The standard InChI is InChI=1S/C9H16N4/c1-8-6-11-9(12-7-8)13(2)5-3-4-10/h6-7H,3-5,10H2,1-2H3. The molecule has 2 N–H and O–H groups in total. The third-order valence-corrected chi connectivity index (χ3v) is 1.81. The van der Waals surface area contributed by atoms with Crippen LogP contribution in [0.25, 0.3) is 0 Å². The zero-order valence-corrected chi connectivity index (χ0v) is 8.20. The average Bonchev–Trinajstić information content (AvgIpc) is 2.15. The molecule has 72 valence electrons. The van der Waals surface area contributed by atoms with E-state index in [1.807, 2.05) is 31.3 Å². The molecule has 0 unspecified atom stereocenters. The van der Waals surface area contributed by atoms with Crippen molar-refractivity contribution in [1.82, 2.24) is 9.97 Å². The van der Waals surface area contributed by atoms with Crippen LogP contribution in [0.3, 0.4) is 0 Å². The van der Waals surface area contributed by atoms with Crippen molar-refractivity contribution in [2.45, 2.75) is 13.3 Å². The summed E-state index contributed by atoms with van der Waals surface area (Å²) in [5.74, 6) is 0.763. The van der Waals surface area contributed by atoms with Crippen LogP contribution >= 0.6 is 0 Å². The first-order valence-corrected chi connectivity index (χ1v) is 4.44. The first kappa shape index (κ1) is 9.92. The maximum absolute atomic E-state index is 5.41. The fourth-order valence-corrected chi connectivity index (χ4v) is 1.01. The molecular formula is C9H16N4. The Kier molecular flexibility index (Phi) is 3.64. The Hall–Kier alpha value is -1.16. The Morgan fingerprint density at radius 1 is 1.38 bits per heavy atom. The Balaban J connectivity index is 2.55. The third kappa shape index (κ3) is 2.99. The summed E-state index contributed by atoms with van der Waals surface area (Å²) in [4.78, 5) is 10.4. The van der Waals surface area contributed by atoms with E-state index in [-0.39, 0.29) is 0 Å². The fourth-order valence-electron chi connectivity index (χ4n) is 1.01. The van der Waals surface area contributed by atoms with Gasteiger partial charge in [-0.2, -0.15) is 0 Å². The van der Waals surface area contributed by atoms with Gasteiger partial charge in [0, 0.05) is 26.0 Å². The highest BCUT2D eigenvalue weighted by Gasteiger charge is 2.01. The Labute approximate surface area is 78.8 Å². The summed E-state index contributed by atoms with van der Waals surface area (Å²) in [5, 5.41) is 0. The summed E-state index contributed by atoms with van der Waals surface area (Å²) in [5.41, 5.74) is 6.49. The number of anilines is 1. The summed E-state index contributed by atoms with van der Waals surface area (Å²) in [6.45, 7) is 3.58. The van der Waals surface area contributed by atoms with Crippen LogP contribution in [0.2, 0.25) is 0 Å². The molecule has 0 aliphatic rings. The van der Waals surface area contributed by atoms with Crippen LogP contribution < -0.4 is 10.6 Å². The summed E-state index contributed by atoms with van der Waals surface area (Å²) < 4.78 is 0. The van der Waals surface area contributed by atoms with E-state index in [0.717, 1.165) is 24.5 Å². The molecule has 0 saturated heterocycles. The molecule has 13 heavy (non-hydrogen) atoms. The molecule has 0 atom stereocenters. The third-order valence-electron chi connectivity index (χ3n) is 1.81. The number of nitrogens with zero attached hydrogens (tertiary/aromatic N) is 3. The number of hydrogen-bond acceptors (Lipinski definition) is 4. The molecule has 0 fully saturated rings. The van der Waals surface area contributed by atoms with Crippen molar-refractivity contribution in [2.75, 3.05) is 25.0 Å². The maximum Gasteiger partial charge on any atom is 0.224 e. The number of aromatic nitrogens is 2. The summed E-state index contributed by atoms with van der Waals surface area (Å²) >= 11 is 0. The van der Waals surface area contributed by atoms with Crippen LogP contribution in [0.5, 0.6) is 0 Å². The lowest BCUT2D eigenvalue weighted by atomic mass is 10.4. The Morgan fingerprint density at radius 2 is 2.00 bits per heavy atom. The monoisotopic (exact) mass is 180 g/mol. The van der Waals surface area contributed by atoms with Crippen LogP contribution in [0.15, 0.2) is 12.4 Å². The quantitative estimate of drug-likeness (QED) is 0.736. The van der Waals surface area contributed by atoms with Crippen molar-refractivity contribution in [3.8, 4) is 0 Å². The van der Waals surface area contributed by atoms with E-state index in [9.17, 15) is 0 Å². The van der Waals surface area contributed by atoms with E-state index < -0.39 is 0 Å². The SMILES string of the molecule is Cc1cnc(N(C)CCCN)nc1. The highest BCUT2D eigenvalue weighted by atomic mass is 15.2. The van der Waals surface area contributed by atoms with Crippen LogP contribution in [0.1, 0.15) is 12.0 Å². The average molecular weight is 180 g/mol. The molecule has 0 saturated carbocycles. The first-order chi connectivity index (χ1) is 6.24. The molecule has 0 aliphatic heterocycles. The van der Waals surface area contributed by atoms with E-state index in [4.69, 9.17) is 5.73 Å². The highest BCUT2D eigenvalue weighted by molar-refractivity contribution is 5.27. The number of hydrogen-bond donors (Lipinski definition) is 1. The first-order valence-electron chi connectivity index (χ1n) is 4.44. The van der Waals surface area contributed by atoms with E-state index >= 15 is 0 Å². The molecule has 0 aromatic carbocycles. The molecule has 4 heteroatoms. The van der Waals surface area contributed by atoms with E-state index in [0.29, 0.717) is 6.54 Å². The molecular weight excluding hydrogens is 164 g/mol. The summed E-state index contributed by atoms with van der Waals surface area (Å²) in [6, 6.07) is 0. The smallest absolute Gasteiger partial charge is 0.224 e. The predicted molar refractivity (Wildman–Crippen MR) is 53.7 cm³/mol. The second-order valence-corrected chi connectivity index (χ2v) is 3.12. The second kappa shape index (κ2) is 4.77. The summed E-state index contributed by atoms with van der Waals surface area (Å²) in [7, 11) is 1.97. The molecule has 0 aliphatic carbocycles. The predicted octanol–water partition coefficient (Wildman–Crippen LogP) is 0.570. The minimum absolute atomic E-state index is 0.705. The molecule has 0 amide bonds. The van der Waals surface area contributed by atoms with Crippen LogP contribution in [-0.2, 0) is 0 Å². The van der Waals surface area contributed by atoms with Crippen molar-refractivity contribution >= 4 is 5.95 Å². The molecule has 0 radical (unpaired) electrons. The van der Waals surface area contributed by atoms with Gasteiger partial charge in [0.25, 0.3) is 0 Å². The van der Waals surface area contributed by atoms with E-state index in [2.05, 4.69) is 9.97 Å². The van der Waals surface area contributed by atoms with E-state index in [1.54, 1.807) is 0 Å². The maximum atomic E-state index is 5.41. The largest absolute Gasteiger partial charge is 0.344 e. The van der Waals surface area contributed by atoms with Crippen molar-refractivity contribution < 1.29 is 0 Å². The fraction of sp³-hybridized carbons (Fsp3) is 0.556. The lowest BCUT2D eigenvalue weighted by molar-refractivity contribution is 0.774. The van der Waals surface area contributed by atoms with Crippen molar-refractivity contribution in [2.24, 2.45) is 5.73 Å². The molecule has 0 spiro atoms. The zero-order chi connectivity index (χ0) is 9.68. The van der Waals surface area contributed by atoms with Gasteiger partial charge < -0.3 is 10.6 Å². The minimum atomic E-state index is 0.705. The van der Waals surface area contributed by atoms with E-state index in [1.165, 1.54) is 0 Å². The van der Waals surface area contributed by atoms with Crippen molar-refractivity contribution in [3.63, 3.8) is 0 Å². The molecule has 1 heterocycles. The van der Waals surface area contributed by atoms with Gasteiger partial charge in [0.05, 0.1) is 0 Å².